The number of carbonyl (C=O) groups is 1. The molecular weight excluding hydrogens is 394 g/mol. The zero-order valence-electron chi connectivity index (χ0n) is 17.9. The molecule has 3 rings (SSSR count). The molecular formula is C24H29N3O2S. The first-order valence-corrected chi connectivity index (χ1v) is 11.5. The van der Waals surface area contributed by atoms with Gasteiger partial charge in [-0.05, 0) is 42.0 Å². The molecule has 5 nitrogen and oxygen atoms in total. The highest BCUT2D eigenvalue weighted by molar-refractivity contribution is 7.99. The van der Waals surface area contributed by atoms with Crippen LogP contribution < -0.4 is 10.9 Å². The number of hydrogen-bond donors (Lipinski definition) is 1. The number of nitrogens with one attached hydrogen (secondary N) is 1. The van der Waals surface area contributed by atoms with Crippen LogP contribution in [0.3, 0.4) is 0 Å². The van der Waals surface area contributed by atoms with E-state index in [-0.39, 0.29) is 17.2 Å². The molecule has 0 spiro atoms. The normalized spacial score (nSPS) is 11.2. The molecule has 0 atom stereocenters. The first-order chi connectivity index (χ1) is 14.5. The van der Waals surface area contributed by atoms with Gasteiger partial charge >= 0.3 is 0 Å². The molecule has 0 saturated carbocycles. The Morgan fingerprint density at radius 1 is 1.13 bits per heavy atom. The smallest absolute Gasteiger partial charge is 0.262 e. The molecule has 0 aliphatic heterocycles. The van der Waals surface area contributed by atoms with Crippen LogP contribution in [0.2, 0.25) is 0 Å². The van der Waals surface area contributed by atoms with Crippen LogP contribution in [-0.2, 0) is 17.8 Å². The maximum atomic E-state index is 12.8. The van der Waals surface area contributed by atoms with Gasteiger partial charge in [-0.3, -0.25) is 14.2 Å². The standard InChI is InChI=1S/C24H29N3O2S/c1-4-15-27-23(29)20-7-5-6-8-21(20)26-24(27)30-16-22(28)25-14-13-18-9-11-19(12-10-18)17(2)3/h5-12,17H,4,13-16H2,1-3H3,(H,25,28). The average Bonchev–Trinajstić information content (AvgIpc) is 2.75. The minimum absolute atomic E-state index is 0.0461. The third kappa shape index (κ3) is 5.51. The molecule has 2 aromatic carbocycles. The number of fused-ring (bicyclic) bond motifs is 1. The Morgan fingerprint density at radius 3 is 2.57 bits per heavy atom. The van der Waals surface area contributed by atoms with Gasteiger partial charge in [-0.15, -0.1) is 0 Å². The summed E-state index contributed by atoms with van der Waals surface area (Å²) in [5, 5.41) is 4.18. The highest BCUT2D eigenvalue weighted by Crippen LogP contribution is 2.18. The molecule has 6 heteroatoms. The zero-order chi connectivity index (χ0) is 21.5. The van der Waals surface area contributed by atoms with Gasteiger partial charge in [0.2, 0.25) is 5.91 Å². The van der Waals surface area contributed by atoms with Crippen LogP contribution in [0, 0.1) is 0 Å². The van der Waals surface area contributed by atoms with E-state index >= 15 is 0 Å². The first-order valence-electron chi connectivity index (χ1n) is 10.5. The van der Waals surface area contributed by atoms with Gasteiger partial charge < -0.3 is 5.32 Å². The van der Waals surface area contributed by atoms with Crippen LogP contribution in [0.5, 0.6) is 0 Å². The number of carbonyl (C=O) groups excluding carboxylic acids is 1. The Kier molecular flexibility index (Phi) is 7.69. The number of thioether (sulfide) groups is 1. The first kappa shape index (κ1) is 22.1. The molecule has 1 amide bonds. The molecule has 1 heterocycles. The van der Waals surface area contributed by atoms with Gasteiger partial charge in [-0.1, -0.05) is 68.9 Å². The fourth-order valence-corrected chi connectivity index (χ4v) is 4.13. The van der Waals surface area contributed by atoms with E-state index in [4.69, 9.17) is 0 Å². The van der Waals surface area contributed by atoms with Gasteiger partial charge in [0.1, 0.15) is 0 Å². The summed E-state index contributed by atoms with van der Waals surface area (Å²) in [4.78, 5) is 29.7. The van der Waals surface area contributed by atoms with E-state index in [1.165, 1.54) is 22.9 Å². The molecule has 0 fully saturated rings. The second-order valence-electron chi connectivity index (χ2n) is 7.65. The summed E-state index contributed by atoms with van der Waals surface area (Å²) in [5.41, 5.74) is 3.15. The average molecular weight is 424 g/mol. The SMILES string of the molecule is CCCn1c(SCC(=O)NCCc2ccc(C(C)C)cc2)nc2ccccc2c1=O. The van der Waals surface area contributed by atoms with E-state index in [9.17, 15) is 9.59 Å². The van der Waals surface area contributed by atoms with E-state index in [1.54, 1.807) is 10.6 Å². The quantitative estimate of drug-likeness (QED) is 0.410. The van der Waals surface area contributed by atoms with E-state index in [0.29, 0.717) is 35.1 Å². The Hall–Kier alpha value is -2.60. The van der Waals surface area contributed by atoms with E-state index < -0.39 is 0 Å². The molecule has 0 radical (unpaired) electrons. The molecule has 0 saturated heterocycles. The zero-order valence-corrected chi connectivity index (χ0v) is 18.7. The summed E-state index contributed by atoms with van der Waals surface area (Å²) in [6.45, 7) is 7.56. The second kappa shape index (κ2) is 10.4. The Morgan fingerprint density at radius 2 is 1.87 bits per heavy atom. The van der Waals surface area contributed by atoms with E-state index in [2.05, 4.69) is 48.4 Å². The van der Waals surface area contributed by atoms with Crippen molar-refractivity contribution in [3.05, 3.63) is 70.0 Å². The third-order valence-electron chi connectivity index (χ3n) is 4.99. The maximum absolute atomic E-state index is 12.8. The molecule has 1 aromatic heterocycles. The lowest BCUT2D eigenvalue weighted by Gasteiger charge is -2.12. The molecule has 3 aromatic rings. The second-order valence-corrected chi connectivity index (χ2v) is 8.60. The van der Waals surface area contributed by atoms with Crippen molar-refractivity contribution in [3.63, 3.8) is 0 Å². The lowest BCUT2D eigenvalue weighted by Crippen LogP contribution is -2.28. The monoisotopic (exact) mass is 423 g/mol. The van der Waals surface area contributed by atoms with Crippen LogP contribution >= 0.6 is 11.8 Å². The van der Waals surface area contributed by atoms with Gasteiger partial charge in [-0.2, -0.15) is 0 Å². The Balaban J connectivity index is 1.58. The van der Waals surface area contributed by atoms with E-state index in [1.807, 2.05) is 25.1 Å². The number of benzene rings is 2. The molecule has 0 aliphatic carbocycles. The number of nitrogens with zero attached hydrogens (tertiary/aromatic N) is 2. The largest absolute Gasteiger partial charge is 0.355 e. The van der Waals surface area contributed by atoms with Crippen molar-refractivity contribution in [2.24, 2.45) is 0 Å². The van der Waals surface area contributed by atoms with Crippen LogP contribution in [-0.4, -0.2) is 27.8 Å². The molecule has 30 heavy (non-hydrogen) atoms. The van der Waals surface area contributed by atoms with Crippen LogP contribution in [0.1, 0.15) is 44.2 Å². The molecule has 0 aliphatic rings. The fraction of sp³-hybridized carbons (Fsp3) is 0.375. The van der Waals surface area contributed by atoms with Crippen LogP contribution in [0.15, 0.2) is 58.5 Å². The molecule has 0 unspecified atom stereocenters. The Labute approximate surface area is 181 Å². The summed E-state index contributed by atoms with van der Waals surface area (Å²) >= 11 is 1.32. The molecule has 0 bridgehead atoms. The highest BCUT2D eigenvalue weighted by Gasteiger charge is 2.12. The third-order valence-corrected chi connectivity index (χ3v) is 5.96. The number of aromatic nitrogens is 2. The van der Waals surface area contributed by atoms with Gasteiger partial charge in [-0.25, -0.2) is 4.98 Å². The number of rotatable bonds is 9. The van der Waals surface area contributed by atoms with Crippen molar-refractivity contribution in [1.82, 2.24) is 14.9 Å². The highest BCUT2D eigenvalue weighted by atomic mass is 32.2. The number of para-hydroxylation sites is 1. The molecule has 1 N–H and O–H groups in total. The van der Waals surface area contributed by atoms with E-state index in [0.717, 1.165) is 12.8 Å². The summed E-state index contributed by atoms with van der Waals surface area (Å²) in [5.74, 6) is 0.703. The Bertz CT molecular complexity index is 1060. The lowest BCUT2D eigenvalue weighted by molar-refractivity contribution is -0.118. The molecule has 158 valence electrons. The fourth-order valence-electron chi connectivity index (χ4n) is 3.28. The topological polar surface area (TPSA) is 64.0 Å². The van der Waals surface area contributed by atoms with Gasteiger partial charge in [0, 0.05) is 13.1 Å². The minimum Gasteiger partial charge on any atom is -0.355 e. The summed E-state index contributed by atoms with van der Waals surface area (Å²) in [6, 6.07) is 15.9. The van der Waals surface area contributed by atoms with Crippen molar-refractivity contribution in [1.29, 1.82) is 0 Å². The number of hydrogen-bond acceptors (Lipinski definition) is 4. The van der Waals surface area contributed by atoms with Crippen molar-refractivity contribution in [3.8, 4) is 0 Å². The maximum Gasteiger partial charge on any atom is 0.262 e. The predicted molar refractivity (Wildman–Crippen MR) is 124 cm³/mol. The lowest BCUT2D eigenvalue weighted by atomic mass is 10.0. The summed E-state index contributed by atoms with van der Waals surface area (Å²) in [7, 11) is 0. The summed E-state index contributed by atoms with van der Waals surface area (Å²) < 4.78 is 1.68. The predicted octanol–water partition coefficient (Wildman–Crippen LogP) is 4.38. The summed E-state index contributed by atoms with van der Waals surface area (Å²) in [6.07, 6.45) is 1.62. The number of amides is 1. The van der Waals surface area contributed by atoms with Crippen LogP contribution in [0.4, 0.5) is 0 Å². The van der Waals surface area contributed by atoms with Crippen molar-refractivity contribution in [2.45, 2.75) is 51.2 Å². The minimum atomic E-state index is -0.0516. The van der Waals surface area contributed by atoms with Crippen molar-refractivity contribution in [2.75, 3.05) is 12.3 Å². The van der Waals surface area contributed by atoms with Crippen LogP contribution in [0.25, 0.3) is 10.9 Å². The van der Waals surface area contributed by atoms with Crippen molar-refractivity contribution >= 4 is 28.6 Å². The van der Waals surface area contributed by atoms with Gasteiger partial charge in [0.25, 0.3) is 5.56 Å². The van der Waals surface area contributed by atoms with Gasteiger partial charge in [0.05, 0.1) is 16.7 Å². The van der Waals surface area contributed by atoms with Gasteiger partial charge in [0.15, 0.2) is 5.16 Å². The van der Waals surface area contributed by atoms with Crippen molar-refractivity contribution < 1.29 is 4.79 Å².